The minimum absolute atomic E-state index is 0.0512. The van der Waals surface area contributed by atoms with Gasteiger partial charge in [-0.3, -0.25) is 4.79 Å². The van der Waals surface area contributed by atoms with Crippen LogP contribution in [0.4, 0.5) is 0 Å². The number of nitrogens with zero attached hydrogens (tertiary/aromatic N) is 1. The van der Waals surface area contributed by atoms with Gasteiger partial charge >= 0.3 is 0 Å². The van der Waals surface area contributed by atoms with Gasteiger partial charge in [-0.1, -0.05) is 0 Å². The van der Waals surface area contributed by atoms with Crippen molar-refractivity contribution >= 4 is 0 Å². The normalized spacial score (nSPS) is 10.4. The molecule has 1 rings (SSSR count). The number of hydrogen-bond acceptors (Lipinski definition) is 2. The molecule has 13 heavy (non-hydrogen) atoms. The quantitative estimate of drug-likeness (QED) is 0.751. The fourth-order valence-corrected chi connectivity index (χ4v) is 1.47. The van der Waals surface area contributed by atoms with E-state index < -0.39 is 0 Å². The molecular weight excluding hydrogens is 166 g/mol. The Kier molecular flexibility index (Phi) is 3.25. The summed E-state index contributed by atoms with van der Waals surface area (Å²) in [6, 6.07) is 3.23. The van der Waals surface area contributed by atoms with Gasteiger partial charge in [0.05, 0.1) is 0 Å². The SMILES string of the molecule is Cc1cc(=O)cc(C)n1CCCO. The lowest BCUT2D eigenvalue weighted by Crippen LogP contribution is -2.13. The summed E-state index contributed by atoms with van der Waals surface area (Å²) in [5.74, 6) is 0. The van der Waals surface area contributed by atoms with Gasteiger partial charge in [0.15, 0.2) is 5.43 Å². The van der Waals surface area contributed by atoms with Gasteiger partial charge in [-0.15, -0.1) is 0 Å². The van der Waals surface area contributed by atoms with Crippen LogP contribution in [0, 0.1) is 13.8 Å². The monoisotopic (exact) mass is 181 g/mol. The summed E-state index contributed by atoms with van der Waals surface area (Å²) in [4.78, 5) is 11.1. The van der Waals surface area contributed by atoms with Crippen LogP contribution in [0.1, 0.15) is 17.8 Å². The Hall–Kier alpha value is -1.09. The van der Waals surface area contributed by atoms with Crippen molar-refractivity contribution in [3.63, 3.8) is 0 Å². The van der Waals surface area contributed by atoms with Crippen molar-refractivity contribution in [3.8, 4) is 0 Å². The van der Waals surface area contributed by atoms with E-state index in [0.717, 1.165) is 24.4 Å². The molecule has 0 aliphatic heterocycles. The molecule has 1 N–H and O–H groups in total. The zero-order chi connectivity index (χ0) is 9.84. The molecule has 1 aromatic rings. The van der Waals surface area contributed by atoms with Gasteiger partial charge in [-0.2, -0.15) is 0 Å². The summed E-state index contributed by atoms with van der Waals surface area (Å²) in [7, 11) is 0. The Labute approximate surface area is 77.6 Å². The molecule has 0 bridgehead atoms. The fraction of sp³-hybridized carbons (Fsp3) is 0.500. The number of rotatable bonds is 3. The van der Waals surface area contributed by atoms with E-state index >= 15 is 0 Å². The molecule has 0 atom stereocenters. The van der Waals surface area contributed by atoms with Gasteiger partial charge in [0.1, 0.15) is 0 Å². The Morgan fingerprint density at radius 1 is 1.31 bits per heavy atom. The lowest BCUT2D eigenvalue weighted by Gasteiger charge is -2.12. The summed E-state index contributed by atoms with van der Waals surface area (Å²) >= 11 is 0. The summed E-state index contributed by atoms with van der Waals surface area (Å²) in [5.41, 5.74) is 1.96. The molecule has 0 saturated heterocycles. The molecule has 0 radical (unpaired) electrons. The van der Waals surface area contributed by atoms with E-state index in [1.54, 1.807) is 12.1 Å². The van der Waals surface area contributed by atoms with Crippen molar-refractivity contribution in [1.29, 1.82) is 0 Å². The van der Waals surface area contributed by atoms with Gasteiger partial charge < -0.3 is 9.67 Å². The first-order chi connectivity index (χ1) is 6.15. The highest BCUT2D eigenvalue weighted by atomic mass is 16.3. The van der Waals surface area contributed by atoms with Crippen molar-refractivity contribution in [1.82, 2.24) is 4.57 Å². The maximum atomic E-state index is 11.1. The molecule has 0 amide bonds. The van der Waals surface area contributed by atoms with Gasteiger partial charge in [0, 0.05) is 36.7 Å². The van der Waals surface area contributed by atoms with Gasteiger partial charge in [0.25, 0.3) is 0 Å². The van der Waals surface area contributed by atoms with Gasteiger partial charge in [-0.05, 0) is 20.3 Å². The second-order valence-corrected chi connectivity index (χ2v) is 3.20. The lowest BCUT2D eigenvalue weighted by molar-refractivity contribution is 0.278. The predicted octanol–water partition coefficient (Wildman–Crippen LogP) is 0.848. The molecule has 0 aliphatic carbocycles. The standard InChI is InChI=1S/C10H15NO2/c1-8-6-10(13)7-9(2)11(8)4-3-5-12/h6-7,12H,3-5H2,1-2H3. The zero-order valence-corrected chi connectivity index (χ0v) is 8.08. The average molecular weight is 181 g/mol. The smallest absolute Gasteiger partial charge is 0.182 e. The summed E-state index contributed by atoms with van der Waals surface area (Å²) in [5, 5.41) is 8.69. The average Bonchev–Trinajstić information content (AvgIpc) is 2.02. The van der Waals surface area contributed by atoms with E-state index in [1.807, 2.05) is 18.4 Å². The van der Waals surface area contributed by atoms with Crippen molar-refractivity contribution in [2.75, 3.05) is 6.61 Å². The van der Waals surface area contributed by atoms with Gasteiger partial charge in [0.2, 0.25) is 0 Å². The molecule has 0 spiro atoms. The van der Waals surface area contributed by atoms with Crippen LogP contribution in [0.5, 0.6) is 0 Å². The molecule has 3 nitrogen and oxygen atoms in total. The number of aliphatic hydroxyl groups is 1. The van der Waals surface area contributed by atoms with E-state index in [2.05, 4.69) is 0 Å². The highest BCUT2D eigenvalue weighted by molar-refractivity contribution is 5.12. The summed E-state index contributed by atoms with van der Waals surface area (Å²) < 4.78 is 2.04. The molecule has 3 heteroatoms. The molecule has 0 saturated carbocycles. The second kappa shape index (κ2) is 4.23. The highest BCUT2D eigenvalue weighted by Gasteiger charge is 1.99. The topological polar surface area (TPSA) is 42.2 Å². The maximum absolute atomic E-state index is 11.1. The molecule has 1 heterocycles. The zero-order valence-electron chi connectivity index (χ0n) is 8.08. The third-order valence-electron chi connectivity index (χ3n) is 2.09. The van der Waals surface area contributed by atoms with Crippen LogP contribution < -0.4 is 5.43 Å². The fourth-order valence-electron chi connectivity index (χ4n) is 1.47. The minimum atomic E-state index is 0.0512. The Bertz CT molecular complexity index is 315. The van der Waals surface area contributed by atoms with Crippen LogP contribution in [0.2, 0.25) is 0 Å². The molecular formula is C10H15NO2. The molecule has 0 aliphatic rings. The third kappa shape index (κ3) is 2.42. The highest BCUT2D eigenvalue weighted by Crippen LogP contribution is 2.02. The van der Waals surface area contributed by atoms with Crippen molar-refractivity contribution < 1.29 is 5.11 Å². The minimum Gasteiger partial charge on any atom is -0.396 e. The molecule has 72 valence electrons. The third-order valence-corrected chi connectivity index (χ3v) is 2.09. The number of aliphatic hydroxyl groups excluding tert-OH is 1. The number of aromatic nitrogens is 1. The van der Waals surface area contributed by atoms with Gasteiger partial charge in [-0.25, -0.2) is 0 Å². The van der Waals surface area contributed by atoms with Crippen molar-refractivity contribution in [2.45, 2.75) is 26.8 Å². The van der Waals surface area contributed by atoms with Crippen LogP contribution in [0.25, 0.3) is 0 Å². The van der Waals surface area contributed by atoms with Crippen molar-refractivity contribution in [2.24, 2.45) is 0 Å². The van der Waals surface area contributed by atoms with Crippen LogP contribution in [-0.4, -0.2) is 16.3 Å². The van der Waals surface area contributed by atoms with E-state index in [1.165, 1.54) is 0 Å². The van der Waals surface area contributed by atoms with Crippen LogP contribution in [0.3, 0.4) is 0 Å². The van der Waals surface area contributed by atoms with E-state index in [0.29, 0.717) is 0 Å². The molecule has 0 aromatic carbocycles. The summed E-state index contributed by atoms with van der Waals surface area (Å²) in [6.45, 7) is 4.77. The van der Waals surface area contributed by atoms with Crippen LogP contribution in [-0.2, 0) is 6.54 Å². The van der Waals surface area contributed by atoms with Crippen molar-refractivity contribution in [3.05, 3.63) is 33.7 Å². The first-order valence-electron chi connectivity index (χ1n) is 4.44. The van der Waals surface area contributed by atoms with E-state index in [9.17, 15) is 4.79 Å². The molecule has 0 unspecified atom stereocenters. The molecule has 0 fully saturated rings. The predicted molar refractivity (Wildman–Crippen MR) is 51.9 cm³/mol. The Balaban J connectivity index is 2.99. The number of hydrogen-bond donors (Lipinski definition) is 1. The number of aryl methyl sites for hydroxylation is 2. The first-order valence-corrected chi connectivity index (χ1v) is 4.44. The summed E-state index contributed by atoms with van der Waals surface area (Å²) in [6.07, 6.45) is 0.727. The van der Waals surface area contributed by atoms with Crippen LogP contribution >= 0.6 is 0 Å². The molecule has 1 aromatic heterocycles. The first kappa shape index (κ1) is 9.99. The maximum Gasteiger partial charge on any atom is 0.182 e. The largest absolute Gasteiger partial charge is 0.396 e. The van der Waals surface area contributed by atoms with Crippen LogP contribution in [0.15, 0.2) is 16.9 Å². The van der Waals surface area contributed by atoms with E-state index in [4.69, 9.17) is 5.11 Å². The Morgan fingerprint density at radius 3 is 2.31 bits per heavy atom. The second-order valence-electron chi connectivity index (χ2n) is 3.20. The van der Waals surface area contributed by atoms with E-state index in [-0.39, 0.29) is 12.0 Å². The number of pyridine rings is 1. The lowest BCUT2D eigenvalue weighted by atomic mass is 10.2. The Morgan fingerprint density at radius 2 is 1.85 bits per heavy atom.